The number of ether oxygens (including phenoxy) is 1. The van der Waals surface area contributed by atoms with Crippen molar-refractivity contribution in [1.82, 2.24) is 4.90 Å². The zero-order chi connectivity index (χ0) is 15.2. The molecule has 0 radical (unpaired) electrons. The third-order valence-corrected chi connectivity index (χ3v) is 3.44. The first-order chi connectivity index (χ1) is 10.1. The van der Waals surface area contributed by atoms with E-state index in [9.17, 15) is 9.18 Å². The lowest BCUT2D eigenvalue weighted by atomic mass is 10.1. The minimum absolute atomic E-state index is 0.000854. The second-order valence-electron chi connectivity index (χ2n) is 4.90. The van der Waals surface area contributed by atoms with Crippen LogP contribution in [0.5, 0.6) is 0 Å². The maximum atomic E-state index is 14.1. The summed E-state index contributed by atoms with van der Waals surface area (Å²) in [5.74, 6) is 4.53. The van der Waals surface area contributed by atoms with Crippen LogP contribution in [-0.2, 0) is 4.74 Å². The van der Waals surface area contributed by atoms with E-state index < -0.39 is 5.82 Å². The molecular weight excluding hydrogens is 273 g/mol. The summed E-state index contributed by atoms with van der Waals surface area (Å²) in [7, 11) is 1.66. The van der Waals surface area contributed by atoms with Crippen molar-refractivity contribution in [2.45, 2.75) is 18.9 Å². The summed E-state index contributed by atoms with van der Waals surface area (Å²) in [6.45, 7) is 1.10. The number of aliphatic hydroxyl groups excluding tert-OH is 1. The Morgan fingerprint density at radius 3 is 3.00 bits per heavy atom. The van der Waals surface area contributed by atoms with Crippen LogP contribution in [0.3, 0.4) is 0 Å². The van der Waals surface area contributed by atoms with Gasteiger partial charge in [0.15, 0.2) is 0 Å². The number of amides is 1. The molecule has 21 heavy (non-hydrogen) atoms. The largest absolute Gasteiger partial charge is 0.395 e. The van der Waals surface area contributed by atoms with E-state index in [4.69, 9.17) is 9.84 Å². The quantitative estimate of drug-likeness (QED) is 0.857. The van der Waals surface area contributed by atoms with E-state index in [0.29, 0.717) is 25.2 Å². The van der Waals surface area contributed by atoms with Crippen LogP contribution in [-0.4, -0.2) is 48.8 Å². The van der Waals surface area contributed by atoms with Crippen LogP contribution in [0.25, 0.3) is 0 Å². The minimum Gasteiger partial charge on any atom is -0.395 e. The van der Waals surface area contributed by atoms with Crippen molar-refractivity contribution >= 4 is 5.91 Å². The van der Waals surface area contributed by atoms with E-state index in [2.05, 4.69) is 11.8 Å². The summed E-state index contributed by atoms with van der Waals surface area (Å²) in [5, 5.41) is 8.64. The molecule has 0 saturated carbocycles. The molecule has 1 saturated heterocycles. The monoisotopic (exact) mass is 291 g/mol. The number of halogens is 1. The number of hydrogen-bond acceptors (Lipinski definition) is 3. The second-order valence-corrected chi connectivity index (χ2v) is 4.90. The zero-order valence-electron chi connectivity index (χ0n) is 11.9. The maximum Gasteiger partial charge on any atom is 0.256 e. The summed E-state index contributed by atoms with van der Waals surface area (Å²) in [6.07, 6.45) is 1.11. The number of hydrogen-bond donors (Lipinski definition) is 1. The summed E-state index contributed by atoms with van der Waals surface area (Å²) >= 11 is 0. The molecule has 0 spiro atoms. The average Bonchev–Trinajstić information content (AvgIpc) is 3.00. The first-order valence-electron chi connectivity index (χ1n) is 6.87. The second kappa shape index (κ2) is 7.21. The van der Waals surface area contributed by atoms with Crippen molar-refractivity contribution in [3.8, 4) is 11.8 Å². The predicted molar refractivity (Wildman–Crippen MR) is 76.3 cm³/mol. The molecule has 1 N–H and O–H groups in total. The lowest BCUT2D eigenvalue weighted by Crippen LogP contribution is -2.37. The summed E-state index contributed by atoms with van der Waals surface area (Å²) < 4.78 is 19.3. The third kappa shape index (κ3) is 3.81. The van der Waals surface area contributed by atoms with Gasteiger partial charge in [-0.3, -0.25) is 4.79 Å². The molecule has 0 aliphatic carbocycles. The van der Waals surface area contributed by atoms with Gasteiger partial charge in [0.25, 0.3) is 5.91 Å². The fourth-order valence-corrected chi connectivity index (χ4v) is 2.17. The van der Waals surface area contributed by atoms with E-state index >= 15 is 0 Å². The summed E-state index contributed by atoms with van der Waals surface area (Å²) in [5.41, 5.74) is 0.529. The average molecular weight is 291 g/mol. The van der Waals surface area contributed by atoms with Crippen LogP contribution in [0, 0.1) is 17.7 Å². The predicted octanol–water partition coefficient (Wildman–Crippen LogP) is 1.42. The van der Waals surface area contributed by atoms with Gasteiger partial charge in [0.05, 0.1) is 24.8 Å². The fourth-order valence-electron chi connectivity index (χ4n) is 2.17. The smallest absolute Gasteiger partial charge is 0.256 e. The van der Waals surface area contributed by atoms with Crippen molar-refractivity contribution in [2.24, 2.45) is 0 Å². The van der Waals surface area contributed by atoms with Crippen molar-refractivity contribution in [3.63, 3.8) is 0 Å². The fraction of sp³-hybridized carbons (Fsp3) is 0.438. The van der Waals surface area contributed by atoms with E-state index in [-0.39, 0.29) is 24.1 Å². The Hall–Kier alpha value is -1.90. The Kier molecular flexibility index (Phi) is 5.32. The van der Waals surface area contributed by atoms with Gasteiger partial charge >= 0.3 is 0 Å². The molecular formula is C16H18FNO3. The first-order valence-corrected chi connectivity index (χ1v) is 6.87. The number of aliphatic hydroxyl groups is 1. The maximum absolute atomic E-state index is 14.1. The molecule has 1 heterocycles. The SMILES string of the molecule is CN(C(=O)c1ccc(C#CCCO)cc1F)C1CCOC1. The molecule has 1 amide bonds. The Bertz CT molecular complexity index is 571. The Morgan fingerprint density at radius 2 is 2.38 bits per heavy atom. The molecule has 1 fully saturated rings. The van der Waals surface area contributed by atoms with Gasteiger partial charge in [0, 0.05) is 25.6 Å². The van der Waals surface area contributed by atoms with Gasteiger partial charge in [0.1, 0.15) is 5.82 Å². The van der Waals surface area contributed by atoms with Crippen LogP contribution in [0.1, 0.15) is 28.8 Å². The topological polar surface area (TPSA) is 49.8 Å². The number of likely N-dealkylation sites (N-methyl/N-ethyl adjacent to an activating group) is 1. The van der Waals surface area contributed by atoms with Crippen molar-refractivity contribution in [3.05, 3.63) is 35.1 Å². The van der Waals surface area contributed by atoms with Gasteiger partial charge in [-0.2, -0.15) is 0 Å². The van der Waals surface area contributed by atoms with Crippen molar-refractivity contribution < 1.29 is 19.0 Å². The van der Waals surface area contributed by atoms with Crippen LogP contribution < -0.4 is 0 Å². The van der Waals surface area contributed by atoms with E-state index in [1.807, 2.05) is 0 Å². The lowest BCUT2D eigenvalue weighted by Gasteiger charge is -2.23. The normalized spacial score (nSPS) is 17.2. The molecule has 4 nitrogen and oxygen atoms in total. The van der Waals surface area contributed by atoms with Gasteiger partial charge in [-0.25, -0.2) is 4.39 Å². The van der Waals surface area contributed by atoms with Gasteiger partial charge < -0.3 is 14.7 Å². The Morgan fingerprint density at radius 1 is 1.57 bits per heavy atom. The van der Waals surface area contributed by atoms with Crippen LogP contribution >= 0.6 is 0 Å². The zero-order valence-corrected chi connectivity index (χ0v) is 11.9. The molecule has 2 rings (SSSR count). The highest BCUT2D eigenvalue weighted by atomic mass is 19.1. The first kappa shape index (κ1) is 15.5. The van der Waals surface area contributed by atoms with E-state index in [1.165, 1.54) is 17.0 Å². The Labute approximate surface area is 123 Å². The van der Waals surface area contributed by atoms with Crippen molar-refractivity contribution in [2.75, 3.05) is 26.9 Å². The molecule has 1 aliphatic heterocycles. The standard InChI is InChI=1S/C16H18FNO3/c1-18(13-7-9-21-11-13)16(20)14-6-5-12(10-15(14)17)4-2-3-8-19/h5-6,10,13,19H,3,7-9,11H2,1H3. The number of nitrogens with zero attached hydrogens (tertiary/aromatic N) is 1. The lowest BCUT2D eigenvalue weighted by molar-refractivity contribution is 0.0706. The number of carbonyl (C=O) groups excluding carboxylic acids is 1. The number of carbonyl (C=O) groups is 1. The molecule has 1 unspecified atom stereocenters. The molecule has 1 aromatic rings. The molecule has 0 bridgehead atoms. The number of benzene rings is 1. The summed E-state index contributed by atoms with van der Waals surface area (Å²) in [6, 6.07) is 4.31. The van der Waals surface area contributed by atoms with Crippen LogP contribution in [0.4, 0.5) is 4.39 Å². The van der Waals surface area contributed by atoms with Gasteiger partial charge in [0.2, 0.25) is 0 Å². The van der Waals surface area contributed by atoms with Crippen LogP contribution in [0.15, 0.2) is 18.2 Å². The van der Waals surface area contributed by atoms with Gasteiger partial charge in [-0.05, 0) is 24.6 Å². The van der Waals surface area contributed by atoms with Crippen LogP contribution in [0.2, 0.25) is 0 Å². The van der Waals surface area contributed by atoms with E-state index in [1.54, 1.807) is 13.1 Å². The third-order valence-electron chi connectivity index (χ3n) is 3.44. The molecule has 112 valence electrons. The highest BCUT2D eigenvalue weighted by Gasteiger charge is 2.26. The van der Waals surface area contributed by atoms with Gasteiger partial charge in [-0.1, -0.05) is 11.8 Å². The van der Waals surface area contributed by atoms with Crippen molar-refractivity contribution in [1.29, 1.82) is 0 Å². The molecule has 1 aliphatic rings. The highest BCUT2D eigenvalue weighted by molar-refractivity contribution is 5.94. The molecule has 5 heteroatoms. The van der Waals surface area contributed by atoms with Gasteiger partial charge in [-0.15, -0.1) is 0 Å². The highest BCUT2D eigenvalue weighted by Crippen LogP contribution is 2.17. The molecule has 0 aromatic heterocycles. The molecule has 1 atom stereocenters. The van der Waals surface area contributed by atoms with E-state index in [0.717, 1.165) is 6.42 Å². The molecule has 1 aromatic carbocycles. The Balaban J connectivity index is 2.13. The number of rotatable bonds is 3. The summed E-state index contributed by atoms with van der Waals surface area (Å²) in [4.78, 5) is 13.8. The minimum atomic E-state index is -0.582.